The van der Waals surface area contributed by atoms with Gasteiger partial charge < -0.3 is 10.1 Å². The first-order chi connectivity index (χ1) is 26.2. The highest BCUT2D eigenvalue weighted by atomic mass is 16.5. The number of rotatable bonds is 4. The van der Waals surface area contributed by atoms with Crippen LogP contribution >= 0.6 is 0 Å². The summed E-state index contributed by atoms with van der Waals surface area (Å²) >= 11 is 0. The molecule has 4 nitrogen and oxygen atoms in total. The van der Waals surface area contributed by atoms with Crippen molar-refractivity contribution in [1.29, 1.82) is 0 Å². The molecule has 4 heteroatoms. The van der Waals surface area contributed by atoms with Gasteiger partial charge in [-0.2, -0.15) is 0 Å². The van der Waals surface area contributed by atoms with E-state index in [0.29, 0.717) is 29.6 Å². The van der Waals surface area contributed by atoms with Crippen molar-refractivity contribution >= 4 is 12.2 Å². The second-order valence-corrected chi connectivity index (χ2v) is 16.4. The molecule has 7 aliphatic rings. The lowest BCUT2D eigenvalue weighted by atomic mass is 9.61. The van der Waals surface area contributed by atoms with E-state index in [1.54, 1.807) is 11.1 Å². The molecule has 1 fully saturated rings. The molecule has 11 rings (SSSR count). The molecule has 2 heterocycles. The predicted octanol–water partition coefficient (Wildman–Crippen LogP) is 8.46. The maximum Gasteiger partial charge on any atom is 0.169 e. The fourth-order valence-electron chi connectivity index (χ4n) is 11.1. The van der Waals surface area contributed by atoms with Gasteiger partial charge in [-0.3, -0.25) is 0 Å². The number of hydrogen-bond donors (Lipinski definition) is 3. The fraction of sp³-hybridized carbons (Fsp3) is 0.306. The Labute approximate surface area is 313 Å². The molecule has 0 spiro atoms. The van der Waals surface area contributed by atoms with Gasteiger partial charge in [-0.15, -0.1) is 0 Å². The van der Waals surface area contributed by atoms with E-state index in [9.17, 15) is 0 Å². The molecule has 4 aromatic carbocycles. The third-order valence-corrected chi connectivity index (χ3v) is 13.6. The van der Waals surface area contributed by atoms with Crippen molar-refractivity contribution in [2.75, 3.05) is 0 Å². The molecule has 4 aromatic rings. The van der Waals surface area contributed by atoms with Gasteiger partial charge in [0.15, 0.2) is 12.3 Å². The van der Waals surface area contributed by atoms with Crippen LogP contribution in [0, 0.1) is 23.7 Å². The Morgan fingerprint density at radius 2 is 1.58 bits per heavy atom. The van der Waals surface area contributed by atoms with E-state index in [-0.39, 0.29) is 24.6 Å². The van der Waals surface area contributed by atoms with Crippen LogP contribution < -0.4 is 20.7 Å². The Bertz CT molecular complexity index is 2230. The average molecular weight is 695 g/mol. The molecule has 9 unspecified atom stereocenters. The van der Waals surface area contributed by atoms with Crippen LogP contribution in [0.4, 0.5) is 0 Å². The fourth-order valence-corrected chi connectivity index (χ4v) is 11.1. The minimum Gasteiger partial charge on any atom is -0.485 e. The van der Waals surface area contributed by atoms with Crippen molar-refractivity contribution < 1.29 is 10.1 Å². The molecule has 0 amide bonds. The van der Waals surface area contributed by atoms with E-state index >= 15 is 0 Å². The highest BCUT2D eigenvalue weighted by Crippen LogP contribution is 2.51. The van der Waals surface area contributed by atoms with Gasteiger partial charge in [-0.05, 0) is 113 Å². The van der Waals surface area contributed by atoms with Gasteiger partial charge in [0.1, 0.15) is 11.9 Å². The molecule has 264 valence electrons. The zero-order valence-corrected chi connectivity index (χ0v) is 30.2. The van der Waals surface area contributed by atoms with Crippen LogP contribution in [0.5, 0.6) is 5.75 Å². The minimum atomic E-state index is 0.0897. The number of aryl methyl sites for hydroxylation is 1. The van der Waals surface area contributed by atoms with E-state index in [1.165, 1.54) is 57.4 Å². The topological polar surface area (TPSA) is 49.9 Å². The maximum atomic E-state index is 6.46. The number of quaternary nitrogens is 1. The first-order valence-electron chi connectivity index (χ1n) is 20.1. The summed E-state index contributed by atoms with van der Waals surface area (Å²) in [5, 5.41) is 10.7. The third kappa shape index (κ3) is 5.45. The largest absolute Gasteiger partial charge is 0.485 e. The summed E-state index contributed by atoms with van der Waals surface area (Å²) in [6.07, 6.45) is 29.0. The van der Waals surface area contributed by atoms with Crippen molar-refractivity contribution in [2.45, 2.75) is 69.0 Å². The average Bonchev–Trinajstić information content (AvgIpc) is 3.62. The Balaban J connectivity index is 0.891. The standard InChI is InChI=1S/C49H47N3O/c1-2-11-32(12-3-1)47-50-48(36-21-18-30-10-4-5-13-33(30)28-36)52-49(51-47)41-26-25-37(39-14-6-7-15-40(39)41)34-22-24-38-35(29-34)20-19-31-23-27-44-46(45(31)38)42-16-8-9-17-43(42)53-44/h1-4,6-12,14-21,23,26-28,34,37,39-40,44,46-52H,5,13,22,24-25,29H2/p+1. The van der Waals surface area contributed by atoms with Crippen LogP contribution in [-0.2, 0) is 19.3 Å². The van der Waals surface area contributed by atoms with Crippen molar-refractivity contribution in [1.82, 2.24) is 10.6 Å². The van der Waals surface area contributed by atoms with Gasteiger partial charge in [-0.1, -0.05) is 121 Å². The Morgan fingerprint density at radius 1 is 0.736 bits per heavy atom. The van der Waals surface area contributed by atoms with Gasteiger partial charge in [0.25, 0.3) is 0 Å². The molecule has 0 bridgehead atoms. The summed E-state index contributed by atoms with van der Waals surface area (Å²) in [6, 6.07) is 31.7. The summed E-state index contributed by atoms with van der Waals surface area (Å²) in [5.74, 6) is 3.55. The Hall–Kier alpha value is -4.74. The molecule has 9 atom stereocenters. The van der Waals surface area contributed by atoms with Gasteiger partial charge in [0, 0.05) is 22.6 Å². The quantitative estimate of drug-likeness (QED) is 0.188. The normalized spacial score (nSPS) is 31.6. The molecule has 5 aliphatic carbocycles. The summed E-state index contributed by atoms with van der Waals surface area (Å²) in [6.45, 7) is 0. The second-order valence-electron chi connectivity index (χ2n) is 16.4. The Kier molecular flexibility index (Phi) is 7.78. The number of para-hydroxylation sites is 1. The van der Waals surface area contributed by atoms with Crippen LogP contribution in [-0.4, -0.2) is 12.3 Å². The molecule has 53 heavy (non-hydrogen) atoms. The van der Waals surface area contributed by atoms with Gasteiger partial charge >= 0.3 is 0 Å². The molecule has 1 saturated heterocycles. The van der Waals surface area contributed by atoms with Crippen LogP contribution in [0.3, 0.4) is 0 Å². The molecular weight excluding hydrogens is 647 g/mol. The highest BCUT2D eigenvalue weighted by molar-refractivity contribution is 5.67. The lowest BCUT2D eigenvalue weighted by molar-refractivity contribution is -0.754. The number of fused-ring (bicyclic) bond motifs is 9. The number of nitrogens with one attached hydrogen (secondary N) is 2. The van der Waals surface area contributed by atoms with E-state index in [0.717, 1.165) is 31.4 Å². The Morgan fingerprint density at radius 3 is 2.53 bits per heavy atom. The minimum absolute atomic E-state index is 0.0897. The summed E-state index contributed by atoms with van der Waals surface area (Å²) in [4.78, 5) is 0. The molecule has 2 aliphatic heterocycles. The number of ether oxygens (including phenoxy) is 1. The highest BCUT2D eigenvalue weighted by Gasteiger charge is 2.44. The molecular formula is C49H48N3O+. The van der Waals surface area contributed by atoms with Gasteiger partial charge in [0.05, 0.1) is 12.1 Å². The van der Waals surface area contributed by atoms with Gasteiger partial charge in [0.2, 0.25) is 0 Å². The first-order valence-corrected chi connectivity index (χ1v) is 20.1. The van der Waals surface area contributed by atoms with E-state index in [1.807, 2.05) is 0 Å². The zero-order chi connectivity index (χ0) is 34.9. The van der Waals surface area contributed by atoms with Crippen molar-refractivity contribution in [3.05, 3.63) is 183 Å². The third-order valence-electron chi connectivity index (χ3n) is 13.6. The summed E-state index contributed by atoms with van der Waals surface area (Å²) < 4.78 is 6.46. The van der Waals surface area contributed by atoms with Crippen molar-refractivity contribution in [2.24, 2.45) is 23.7 Å². The van der Waals surface area contributed by atoms with E-state index < -0.39 is 0 Å². The van der Waals surface area contributed by atoms with Crippen LogP contribution in [0.15, 0.2) is 133 Å². The van der Waals surface area contributed by atoms with Crippen LogP contribution in [0.25, 0.3) is 12.2 Å². The van der Waals surface area contributed by atoms with E-state index in [4.69, 9.17) is 4.74 Å². The molecule has 4 N–H and O–H groups in total. The smallest absolute Gasteiger partial charge is 0.169 e. The van der Waals surface area contributed by atoms with Crippen LogP contribution in [0.1, 0.15) is 87.6 Å². The van der Waals surface area contributed by atoms with Crippen molar-refractivity contribution in [3.63, 3.8) is 0 Å². The SMILES string of the molecule is C1=CC2C(C3NC(c4ccccc4)[NH2+]C(c4ccc5c(c4)CCC=C5)N3)=CCC(C3CCc4c(ccc5c4C4c6ccccc6OC4C=C5)C3)C2C=C1. The second kappa shape index (κ2) is 13.0. The predicted molar refractivity (Wildman–Crippen MR) is 213 cm³/mol. The van der Waals surface area contributed by atoms with Crippen molar-refractivity contribution in [3.8, 4) is 5.75 Å². The number of nitrogens with two attached hydrogens (primary N) is 1. The molecule has 0 saturated carbocycles. The van der Waals surface area contributed by atoms with Crippen LogP contribution in [0.2, 0.25) is 0 Å². The lowest BCUT2D eigenvalue weighted by Gasteiger charge is -2.46. The molecule has 0 radical (unpaired) electrons. The first kappa shape index (κ1) is 31.8. The maximum absolute atomic E-state index is 6.46. The molecule has 0 aromatic heterocycles. The lowest BCUT2D eigenvalue weighted by Crippen LogP contribution is -2.96. The number of allylic oxidation sites excluding steroid dienone is 6. The summed E-state index contributed by atoms with van der Waals surface area (Å²) in [5.41, 5.74) is 14.5. The number of hydrogen-bond acceptors (Lipinski definition) is 3. The zero-order valence-electron chi connectivity index (χ0n) is 30.2. The van der Waals surface area contributed by atoms with Gasteiger partial charge in [-0.25, -0.2) is 10.6 Å². The summed E-state index contributed by atoms with van der Waals surface area (Å²) in [7, 11) is 0. The monoisotopic (exact) mass is 694 g/mol. The van der Waals surface area contributed by atoms with E-state index in [2.05, 4.69) is 156 Å². The number of benzene rings is 4.